The van der Waals surface area contributed by atoms with Gasteiger partial charge in [-0.2, -0.15) is 13.5 Å². The van der Waals surface area contributed by atoms with Crippen LogP contribution in [0, 0.1) is 0 Å². The van der Waals surface area contributed by atoms with E-state index in [4.69, 9.17) is 4.18 Å². The third-order valence-electron chi connectivity index (χ3n) is 4.71. The van der Waals surface area contributed by atoms with Gasteiger partial charge in [0.1, 0.15) is 5.56 Å². The zero-order chi connectivity index (χ0) is 24.2. The van der Waals surface area contributed by atoms with Gasteiger partial charge in [-0.3, -0.25) is 4.79 Å². The van der Waals surface area contributed by atoms with Crippen LogP contribution in [0.3, 0.4) is 0 Å². The fourth-order valence-electron chi connectivity index (χ4n) is 3.13. The number of nitrogens with one attached hydrogen (secondary N) is 1. The zero-order valence-electron chi connectivity index (χ0n) is 18.5. The van der Waals surface area contributed by atoms with E-state index in [2.05, 4.69) is 10.4 Å². The van der Waals surface area contributed by atoms with Gasteiger partial charge in [-0.05, 0) is 43.7 Å². The lowest BCUT2D eigenvalue weighted by Gasteiger charge is -2.14. The van der Waals surface area contributed by atoms with E-state index in [0.717, 1.165) is 6.26 Å². The maximum Gasteiger partial charge on any atom is 0.310 e. The average molecular weight is 492 g/mol. The van der Waals surface area contributed by atoms with Crippen LogP contribution in [0.1, 0.15) is 36.2 Å². The van der Waals surface area contributed by atoms with Gasteiger partial charge in [0.15, 0.2) is 9.84 Å². The molecule has 0 bridgehead atoms. The van der Waals surface area contributed by atoms with Crippen LogP contribution >= 0.6 is 0 Å². The van der Waals surface area contributed by atoms with Crippen LogP contribution in [-0.4, -0.2) is 44.4 Å². The number of hydrogen-bond donors (Lipinski definition) is 1. The largest absolute Gasteiger partial charge is 0.361 e. The molecule has 176 valence electrons. The molecular weight excluding hydrogens is 466 g/mol. The molecule has 1 aromatic heterocycles. The van der Waals surface area contributed by atoms with Crippen molar-refractivity contribution in [2.24, 2.45) is 0 Å². The predicted octanol–water partition coefficient (Wildman–Crippen LogP) is 3.40. The molecule has 0 aliphatic carbocycles. The smallest absolute Gasteiger partial charge is 0.310 e. The maximum absolute atomic E-state index is 13.5. The number of carbonyl (C=O) groups excluding carboxylic acids is 1. The highest BCUT2D eigenvalue weighted by molar-refractivity contribution is 7.90. The first-order chi connectivity index (χ1) is 15.6. The van der Waals surface area contributed by atoms with Gasteiger partial charge in [0.05, 0.1) is 22.5 Å². The number of hydrogen-bond acceptors (Lipinski definition) is 8. The number of carbonyl (C=O) groups is 1. The average Bonchev–Trinajstić information content (AvgIpc) is 3.15. The molecule has 0 atom stereocenters. The second-order valence-corrected chi connectivity index (χ2v) is 11.0. The van der Waals surface area contributed by atoms with Gasteiger partial charge in [0.25, 0.3) is 0 Å². The van der Waals surface area contributed by atoms with E-state index >= 15 is 0 Å². The molecule has 0 fully saturated rings. The first kappa shape index (κ1) is 24.5. The normalized spacial score (nSPS) is 11.8. The van der Waals surface area contributed by atoms with Crippen LogP contribution in [0.4, 0.5) is 11.4 Å². The van der Waals surface area contributed by atoms with E-state index in [0.29, 0.717) is 12.1 Å². The Labute approximate surface area is 193 Å². The van der Waals surface area contributed by atoms with Gasteiger partial charge in [-0.25, -0.2) is 13.1 Å². The Kier molecular flexibility index (Phi) is 7.23. The third-order valence-corrected chi connectivity index (χ3v) is 7.14. The molecule has 1 heterocycles. The van der Waals surface area contributed by atoms with Gasteiger partial charge in [0, 0.05) is 24.1 Å². The number of anilines is 2. The van der Waals surface area contributed by atoms with E-state index < -0.39 is 25.7 Å². The SMILES string of the molecule is CCCS(=O)(=O)Oc1c(C(=O)c2ccc(S(C)(=O)=O)cc2Nc2ccccc2)cnn1CC. The van der Waals surface area contributed by atoms with Crippen LogP contribution in [0.5, 0.6) is 5.88 Å². The van der Waals surface area contributed by atoms with E-state index in [-0.39, 0.29) is 39.9 Å². The molecule has 0 spiro atoms. The topological polar surface area (TPSA) is 124 Å². The summed E-state index contributed by atoms with van der Waals surface area (Å²) in [5.41, 5.74) is 0.989. The number of sulfone groups is 1. The van der Waals surface area contributed by atoms with Crippen molar-refractivity contribution in [3.8, 4) is 5.88 Å². The van der Waals surface area contributed by atoms with E-state index in [1.165, 1.54) is 29.1 Å². The van der Waals surface area contributed by atoms with Crippen molar-refractivity contribution >= 4 is 37.1 Å². The molecule has 0 aliphatic heterocycles. The number of aromatic nitrogens is 2. The molecule has 9 nitrogen and oxygen atoms in total. The summed E-state index contributed by atoms with van der Waals surface area (Å²) in [7, 11) is -7.45. The number of para-hydroxylation sites is 1. The fourth-order valence-corrected chi connectivity index (χ4v) is 4.78. The van der Waals surface area contributed by atoms with Gasteiger partial charge in [-0.1, -0.05) is 25.1 Å². The lowest BCUT2D eigenvalue weighted by atomic mass is 10.0. The third kappa shape index (κ3) is 5.79. The van der Waals surface area contributed by atoms with Crippen LogP contribution in [0.25, 0.3) is 0 Å². The van der Waals surface area contributed by atoms with Crippen LogP contribution in [0.2, 0.25) is 0 Å². The Hall–Kier alpha value is -3.18. The summed E-state index contributed by atoms with van der Waals surface area (Å²) in [5, 5.41) is 7.16. The first-order valence-electron chi connectivity index (χ1n) is 10.2. The van der Waals surface area contributed by atoms with Crippen molar-refractivity contribution in [1.82, 2.24) is 9.78 Å². The van der Waals surface area contributed by atoms with Gasteiger partial charge >= 0.3 is 10.1 Å². The highest BCUT2D eigenvalue weighted by Crippen LogP contribution is 2.30. The zero-order valence-corrected chi connectivity index (χ0v) is 20.1. The van der Waals surface area contributed by atoms with E-state index in [1.54, 1.807) is 38.1 Å². The fraction of sp³-hybridized carbons (Fsp3) is 0.273. The Bertz CT molecular complexity index is 1360. The maximum atomic E-state index is 13.5. The summed E-state index contributed by atoms with van der Waals surface area (Å²) < 4.78 is 55.3. The van der Waals surface area contributed by atoms with Gasteiger partial charge in [-0.15, -0.1) is 0 Å². The van der Waals surface area contributed by atoms with Gasteiger partial charge in [0.2, 0.25) is 11.7 Å². The monoisotopic (exact) mass is 491 g/mol. The first-order valence-corrected chi connectivity index (χ1v) is 13.7. The number of rotatable bonds is 10. The summed E-state index contributed by atoms with van der Waals surface area (Å²) in [5.74, 6) is -0.942. The minimum absolute atomic E-state index is 0.0312. The standard InChI is InChI=1S/C22H25N3O6S2/c1-4-13-33(29,30)31-22-19(15-23-25(22)5-2)21(26)18-12-11-17(32(3,27)28)14-20(18)24-16-9-7-6-8-10-16/h6-12,14-15,24H,4-5,13H2,1-3H3. The number of benzene rings is 2. The Balaban J connectivity index is 2.11. The molecule has 2 aromatic carbocycles. The molecule has 0 unspecified atom stereocenters. The minimum atomic E-state index is -3.92. The number of ketones is 1. The molecular formula is C22H25N3O6S2. The van der Waals surface area contributed by atoms with Crippen molar-refractivity contribution in [2.75, 3.05) is 17.3 Å². The summed E-state index contributed by atoms with van der Waals surface area (Å²) >= 11 is 0. The molecule has 0 radical (unpaired) electrons. The van der Waals surface area contributed by atoms with Crippen LogP contribution in [0.15, 0.2) is 59.6 Å². The Morgan fingerprint density at radius 2 is 1.73 bits per heavy atom. The Morgan fingerprint density at radius 3 is 2.33 bits per heavy atom. The second-order valence-electron chi connectivity index (χ2n) is 7.32. The molecule has 11 heteroatoms. The highest BCUT2D eigenvalue weighted by atomic mass is 32.2. The Morgan fingerprint density at radius 1 is 1.03 bits per heavy atom. The molecule has 3 rings (SSSR count). The van der Waals surface area contributed by atoms with Gasteiger partial charge < -0.3 is 9.50 Å². The minimum Gasteiger partial charge on any atom is -0.361 e. The lowest BCUT2D eigenvalue weighted by molar-refractivity contribution is 0.103. The van der Waals surface area contributed by atoms with E-state index in [1.807, 2.05) is 6.07 Å². The van der Waals surface area contributed by atoms with Crippen LogP contribution in [-0.2, 0) is 26.5 Å². The molecule has 0 saturated heterocycles. The van der Waals surface area contributed by atoms with Crippen molar-refractivity contribution in [1.29, 1.82) is 0 Å². The molecule has 1 N–H and O–H groups in total. The summed E-state index contributed by atoms with van der Waals surface area (Å²) in [6, 6.07) is 13.0. The summed E-state index contributed by atoms with van der Waals surface area (Å²) in [6.45, 7) is 3.73. The lowest BCUT2D eigenvalue weighted by Crippen LogP contribution is -2.18. The summed E-state index contributed by atoms with van der Waals surface area (Å²) in [4.78, 5) is 13.5. The molecule has 0 aliphatic rings. The van der Waals surface area contributed by atoms with Crippen molar-refractivity contribution < 1.29 is 25.8 Å². The molecule has 3 aromatic rings. The highest BCUT2D eigenvalue weighted by Gasteiger charge is 2.26. The van der Waals surface area contributed by atoms with Crippen molar-refractivity contribution in [3.63, 3.8) is 0 Å². The molecule has 33 heavy (non-hydrogen) atoms. The summed E-state index contributed by atoms with van der Waals surface area (Å²) in [6.07, 6.45) is 2.68. The molecule has 0 saturated carbocycles. The van der Waals surface area contributed by atoms with E-state index in [9.17, 15) is 21.6 Å². The number of nitrogens with zero attached hydrogens (tertiary/aromatic N) is 2. The predicted molar refractivity (Wildman–Crippen MR) is 125 cm³/mol. The second kappa shape index (κ2) is 9.75. The van der Waals surface area contributed by atoms with Crippen molar-refractivity contribution in [3.05, 3.63) is 65.9 Å². The molecule has 0 amide bonds. The number of aryl methyl sites for hydroxylation is 1. The van der Waals surface area contributed by atoms with Crippen LogP contribution < -0.4 is 9.50 Å². The van der Waals surface area contributed by atoms with Crippen molar-refractivity contribution in [2.45, 2.75) is 31.7 Å². The quantitative estimate of drug-likeness (QED) is 0.338.